The Morgan fingerprint density at radius 2 is 0.508 bits per heavy atom. The van der Waals surface area contributed by atoms with Crippen LogP contribution in [0.2, 0.25) is 0 Å². The zero-order chi connectivity index (χ0) is 47.2. The van der Waals surface area contributed by atoms with Crippen molar-refractivity contribution in [3.05, 3.63) is 12.2 Å². The highest BCUT2D eigenvalue weighted by atomic mass is 16.6. The van der Waals surface area contributed by atoms with Gasteiger partial charge in [0.25, 0.3) is 0 Å². The first kappa shape index (κ1) is 63.1. The van der Waals surface area contributed by atoms with Crippen LogP contribution in [-0.4, -0.2) is 37.2 Å². The maximum absolute atomic E-state index is 12.8. The predicted octanol–water partition coefficient (Wildman–Crippen LogP) is 19.3. The zero-order valence-electron chi connectivity index (χ0n) is 44.0. The molecule has 1 unspecified atom stereocenters. The molecule has 0 heterocycles. The minimum atomic E-state index is -0.764. The monoisotopic (exact) mass is 917 g/mol. The Morgan fingerprint density at radius 3 is 0.769 bits per heavy atom. The number of unbranched alkanes of at least 4 members (excludes halogenated alkanes) is 41. The second kappa shape index (κ2) is 54.8. The molecule has 0 aliphatic rings. The fraction of sp³-hybridized carbons (Fsp3) is 0.915. The molecule has 6 nitrogen and oxygen atoms in total. The van der Waals surface area contributed by atoms with Crippen LogP contribution in [0.5, 0.6) is 0 Å². The molecule has 0 aliphatic heterocycles. The summed E-state index contributed by atoms with van der Waals surface area (Å²) < 4.78 is 16.9. The second-order valence-electron chi connectivity index (χ2n) is 19.9. The fourth-order valence-corrected chi connectivity index (χ4v) is 8.85. The Balaban J connectivity index is 4.26. The molecule has 0 aromatic rings. The van der Waals surface area contributed by atoms with E-state index in [4.69, 9.17) is 14.2 Å². The standard InChI is InChI=1S/C59H112O6/c1-4-7-10-13-16-19-22-24-26-28-29-31-32-34-37-40-43-46-49-52-58(61)64-55-56(54-63-57(60)51-48-45-42-39-36-21-18-15-12-9-6-3)65-59(62)53-50-47-44-41-38-35-33-30-27-25-23-20-17-14-11-8-5-2/h24,26,56H,4-23,25,27-55H2,1-3H3/b26-24-. The number of hydrogen-bond acceptors (Lipinski definition) is 6. The minimum Gasteiger partial charge on any atom is -0.462 e. The average Bonchev–Trinajstić information content (AvgIpc) is 3.30. The maximum atomic E-state index is 12.8. The lowest BCUT2D eigenvalue weighted by atomic mass is 10.0. The third-order valence-electron chi connectivity index (χ3n) is 13.3. The van der Waals surface area contributed by atoms with E-state index in [9.17, 15) is 14.4 Å². The molecule has 0 bridgehead atoms. The molecule has 0 aliphatic carbocycles. The van der Waals surface area contributed by atoms with E-state index in [0.29, 0.717) is 19.3 Å². The van der Waals surface area contributed by atoms with Crippen molar-refractivity contribution >= 4 is 17.9 Å². The summed E-state index contributed by atoms with van der Waals surface area (Å²) in [7, 11) is 0. The van der Waals surface area contributed by atoms with E-state index in [2.05, 4.69) is 32.9 Å². The molecule has 0 radical (unpaired) electrons. The van der Waals surface area contributed by atoms with Gasteiger partial charge in [-0.1, -0.05) is 277 Å². The predicted molar refractivity (Wildman–Crippen MR) is 280 cm³/mol. The van der Waals surface area contributed by atoms with Crippen LogP contribution in [0, 0.1) is 0 Å². The van der Waals surface area contributed by atoms with E-state index in [-0.39, 0.29) is 31.1 Å². The lowest BCUT2D eigenvalue weighted by molar-refractivity contribution is -0.167. The molecule has 0 saturated carbocycles. The Kier molecular flexibility index (Phi) is 53.2. The zero-order valence-corrected chi connectivity index (χ0v) is 44.0. The lowest BCUT2D eigenvalue weighted by Crippen LogP contribution is -2.30. The number of allylic oxidation sites excluding steroid dienone is 2. The van der Waals surface area contributed by atoms with Crippen LogP contribution in [0.25, 0.3) is 0 Å². The molecular formula is C59H112O6. The number of rotatable bonds is 54. The van der Waals surface area contributed by atoms with Gasteiger partial charge in [0.2, 0.25) is 0 Å². The Morgan fingerprint density at radius 1 is 0.292 bits per heavy atom. The summed E-state index contributed by atoms with van der Waals surface area (Å²) in [4.78, 5) is 38.1. The first-order valence-electron chi connectivity index (χ1n) is 29.2. The van der Waals surface area contributed by atoms with E-state index >= 15 is 0 Å². The van der Waals surface area contributed by atoms with E-state index < -0.39 is 6.10 Å². The van der Waals surface area contributed by atoms with Crippen LogP contribution in [0.3, 0.4) is 0 Å². The van der Waals surface area contributed by atoms with Crippen LogP contribution in [0.4, 0.5) is 0 Å². The average molecular weight is 918 g/mol. The van der Waals surface area contributed by atoms with Crippen molar-refractivity contribution in [1.82, 2.24) is 0 Å². The van der Waals surface area contributed by atoms with Gasteiger partial charge in [-0.05, 0) is 44.9 Å². The third kappa shape index (κ3) is 53.0. The van der Waals surface area contributed by atoms with Crippen molar-refractivity contribution in [2.24, 2.45) is 0 Å². The first-order chi connectivity index (χ1) is 32.0. The van der Waals surface area contributed by atoms with Crippen molar-refractivity contribution < 1.29 is 28.6 Å². The van der Waals surface area contributed by atoms with Crippen LogP contribution in [0.15, 0.2) is 12.2 Å². The van der Waals surface area contributed by atoms with Gasteiger partial charge in [0.15, 0.2) is 6.10 Å². The third-order valence-corrected chi connectivity index (χ3v) is 13.3. The fourth-order valence-electron chi connectivity index (χ4n) is 8.85. The normalized spacial score (nSPS) is 12.0. The SMILES string of the molecule is CCCCCCCC/C=C\CCCCCCCCCCCC(=O)OCC(COC(=O)CCCCCCCCCCCCC)OC(=O)CCCCCCCCCCCCCCCCCCC. The van der Waals surface area contributed by atoms with Gasteiger partial charge >= 0.3 is 17.9 Å². The van der Waals surface area contributed by atoms with Crippen LogP contribution >= 0.6 is 0 Å². The molecule has 0 saturated heterocycles. The summed E-state index contributed by atoms with van der Waals surface area (Å²) in [6.07, 6.45) is 62.0. The van der Waals surface area contributed by atoms with Gasteiger partial charge in [-0.25, -0.2) is 0 Å². The van der Waals surface area contributed by atoms with Gasteiger partial charge < -0.3 is 14.2 Å². The van der Waals surface area contributed by atoms with E-state index in [1.54, 1.807) is 0 Å². The highest BCUT2D eigenvalue weighted by Crippen LogP contribution is 2.17. The summed E-state index contributed by atoms with van der Waals surface area (Å²) in [6.45, 7) is 6.68. The molecule has 384 valence electrons. The molecule has 0 N–H and O–H groups in total. The number of carbonyl (C=O) groups is 3. The summed E-state index contributed by atoms with van der Waals surface area (Å²) in [5.41, 5.74) is 0. The van der Waals surface area contributed by atoms with Gasteiger partial charge in [-0.2, -0.15) is 0 Å². The Hall–Kier alpha value is -1.85. The number of carbonyl (C=O) groups excluding carboxylic acids is 3. The minimum absolute atomic E-state index is 0.0646. The van der Waals surface area contributed by atoms with Crippen LogP contribution in [0.1, 0.15) is 329 Å². The largest absolute Gasteiger partial charge is 0.462 e. The molecule has 0 aromatic carbocycles. The van der Waals surface area contributed by atoms with E-state index in [1.165, 1.54) is 231 Å². The Labute approximate surface area is 405 Å². The van der Waals surface area contributed by atoms with Crippen molar-refractivity contribution in [2.75, 3.05) is 13.2 Å². The van der Waals surface area contributed by atoms with Crippen molar-refractivity contribution in [3.8, 4) is 0 Å². The summed E-state index contributed by atoms with van der Waals surface area (Å²) in [5.74, 6) is -0.843. The highest BCUT2D eigenvalue weighted by molar-refractivity contribution is 5.71. The van der Waals surface area contributed by atoms with E-state index in [0.717, 1.165) is 57.8 Å². The lowest BCUT2D eigenvalue weighted by Gasteiger charge is -2.18. The molecule has 1 atom stereocenters. The number of esters is 3. The second-order valence-corrected chi connectivity index (χ2v) is 19.9. The topological polar surface area (TPSA) is 78.9 Å². The molecule has 6 heteroatoms. The van der Waals surface area contributed by atoms with Crippen molar-refractivity contribution in [1.29, 1.82) is 0 Å². The molecule has 0 fully saturated rings. The number of hydrogen-bond donors (Lipinski definition) is 0. The van der Waals surface area contributed by atoms with Gasteiger partial charge in [0, 0.05) is 19.3 Å². The van der Waals surface area contributed by atoms with Gasteiger partial charge in [0.05, 0.1) is 0 Å². The first-order valence-corrected chi connectivity index (χ1v) is 29.2. The van der Waals surface area contributed by atoms with Gasteiger partial charge in [-0.3, -0.25) is 14.4 Å². The van der Waals surface area contributed by atoms with Crippen molar-refractivity contribution in [2.45, 2.75) is 335 Å². The highest BCUT2D eigenvalue weighted by Gasteiger charge is 2.19. The van der Waals surface area contributed by atoms with Crippen molar-refractivity contribution in [3.63, 3.8) is 0 Å². The number of ether oxygens (including phenoxy) is 3. The molecule has 65 heavy (non-hydrogen) atoms. The van der Waals surface area contributed by atoms with E-state index in [1.807, 2.05) is 0 Å². The maximum Gasteiger partial charge on any atom is 0.306 e. The molecule has 0 rings (SSSR count). The van der Waals surface area contributed by atoms with Crippen LogP contribution < -0.4 is 0 Å². The summed E-state index contributed by atoms with van der Waals surface area (Å²) >= 11 is 0. The Bertz CT molecular complexity index is 1010. The molecule has 0 aromatic heterocycles. The van der Waals surface area contributed by atoms with Gasteiger partial charge in [-0.15, -0.1) is 0 Å². The molecule has 0 spiro atoms. The molecular weight excluding hydrogens is 805 g/mol. The van der Waals surface area contributed by atoms with Crippen LogP contribution in [-0.2, 0) is 28.6 Å². The quantitative estimate of drug-likeness (QED) is 0.0262. The van der Waals surface area contributed by atoms with Gasteiger partial charge in [0.1, 0.15) is 13.2 Å². The smallest absolute Gasteiger partial charge is 0.306 e. The summed E-state index contributed by atoms with van der Waals surface area (Å²) in [6, 6.07) is 0. The molecule has 0 amide bonds. The summed E-state index contributed by atoms with van der Waals surface area (Å²) in [5, 5.41) is 0.